The molecule has 0 aromatic carbocycles. The first-order chi connectivity index (χ1) is 8.60. The lowest BCUT2D eigenvalue weighted by Gasteiger charge is -2.19. The van der Waals surface area contributed by atoms with E-state index >= 15 is 0 Å². The van der Waals surface area contributed by atoms with E-state index in [1.165, 1.54) is 12.8 Å². The van der Waals surface area contributed by atoms with Crippen LogP contribution in [0.2, 0.25) is 0 Å². The number of ether oxygens (including phenoxy) is 1. The van der Waals surface area contributed by atoms with Crippen LogP contribution in [0.4, 0.5) is 0 Å². The molecule has 0 aromatic heterocycles. The number of rotatable bonds is 9. The van der Waals surface area contributed by atoms with Crippen LogP contribution >= 0.6 is 0 Å². The molecule has 0 fully saturated rings. The van der Waals surface area contributed by atoms with Gasteiger partial charge in [-0.15, -0.1) is 5.92 Å². The minimum Gasteiger partial charge on any atom is -0.393 e. The van der Waals surface area contributed by atoms with E-state index in [0.29, 0.717) is 6.42 Å². The van der Waals surface area contributed by atoms with E-state index in [4.69, 9.17) is 4.74 Å². The van der Waals surface area contributed by atoms with Gasteiger partial charge in [0.15, 0.2) is 0 Å². The molecule has 3 atom stereocenters. The Labute approximate surface area is 113 Å². The first-order valence-electron chi connectivity index (χ1n) is 7.42. The third-order valence-electron chi connectivity index (χ3n) is 2.81. The second-order valence-corrected chi connectivity index (χ2v) is 5.09. The Morgan fingerprint density at radius 3 is 2.33 bits per heavy atom. The molecule has 0 radical (unpaired) electrons. The van der Waals surface area contributed by atoms with Crippen molar-refractivity contribution in [1.29, 1.82) is 0 Å². The summed E-state index contributed by atoms with van der Waals surface area (Å²) >= 11 is 0. The van der Waals surface area contributed by atoms with Crippen molar-refractivity contribution in [2.75, 3.05) is 0 Å². The second-order valence-electron chi connectivity index (χ2n) is 5.09. The molecule has 0 heterocycles. The highest BCUT2D eigenvalue weighted by Crippen LogP contribution is 2.11. The minimum atomic E-state index is -0.306. The lowest BCUT2D eigenvalue weighted by atomic mass is 10.1. The van der Waals surface area contributed by atoms with Gasteiger partial charge in [-0.05, 0) is 33.1 Å². The van der Waals surface area contributed by atoms with Gasteiger partial charge in [0.2, 0.25) is 0 Å². The fourth-order valence-electron chi connectivity index (χ4n) is 1.83. The highest BCUT2D eigenvalue weighted by molar-refractivity contribution is 5.05. The molecule has 0 aromatic rings. The third-order valence-corrected chi connectivity index (χ3v) is 2.81. The molecular weight excluding hydrogens is 224 g/mol. The van der Waals surface area contributed by atoms with Crippen molar-refractivity contribution in [1.82, 2.24) is 0 Å². The number of unbranched alkanes of at least 4 members (excludes halogenated alkanes) is 3. The van der Waals surface area contributed by atoms with E-state index in [0.717, 1.165) is 25.7 Å². The smallest absolute Gasteiger partial charge is 0.118 e. The van der Waals surface area contributed by atoms with Crippen LogP contribution in [0.15, 0.2) is 0 Å². The van der Waals surface area contributed by atoms with Gasteiger partial charge in [-0.1, -0.05) is 39.0 Å². The molecule has 18 heavy (non-hydrogen) atoms. The average molecular weight is 254 g/mol. The summed E-state index contributed by atoms with van der Waals surface area (Å²) in [4.78, 5) is 0. The SMILES string of the molecule is CCCCC#C[C@H](CCCC)O[C@H](C)C[C@@H](C)O. The van der Waals surface area contributed by atoms with Gasteiger partial charge in [-0.3, -0.25) is 0 Å². The fraction of sp³-hybridized carbons (Fsp3) is 0.875. The zero-order valence-electron chi connectivity index (χ0n) is 12.5. The number of aliphatic hydroxyl groups excluding tert-OH is 1. The van der Waals surface area contributed by atoms with Crippen LogP contribution < -0.4 is 0 Å². The molecular formula is C16H30O2. The van der Waals surface area contributed by atoms with E-state index in [-0.39, 0.29) is 18.3 Å². The molecule has 0 rings (SSSR count). The first-order valence-corrected chi connectivity index (χ1v) is 7.42. The van der Waals surface area contributed by atoms with Gasteiger partial charge in [0, 0.05) is 6.42 Å². The molecule has 1 N–H and O–H groups in total. The van der Waals surface area contributed by atoms with Crippen LogP contribution in [0, 0.1) is 11.8 Å². The van der Waals surface area contributed by atoms with E-state index in [1.807, 2.05) is 6.92 Å². The summed E-state index contributed by atoms with van der Waals surface area (Å²) in [5.74, 6) is 6.46. The Bertz CT molecular complexity index is 237. The normalized spacial score (nSPS) is 15.6. The maximum absolute atomic E-state index is 9.34. The first kappa shape index (κ1) is 17.5. The van der Waals surface area contributed by atoms with Crippen LogP contribution in [0.5, 0.6) is 0 Å². The number of aliphatic hydroxyl groups is 1. The van der Waals surface area contributed by atoms with Crippen LogP contribution in [0.1, 0.15) is 72.6 Å². The van der Waals surface area contributed by atoms with Gasteiger partial charge < -0.3 is 9.84 Å². The molecule has 0 saturated heterocycles. The number of hydrogen-bond acceptors (Lipinski definition) is 2. The van der Waals surface area contributed by atoms with E-state index in [9.17, 15) is 5.11 Å². The van der Waals surface area contributed by atoms with Crippen molar-refractivity contribution < 1.29 is 9.84 Å². The van der Waals surface area contributed by atoms with Crippen molar-refractivity contribution in [2.24, 2.45) is 0 Å². The summed E-state index contributed by atoms with van der Waals surface area (Å²) in [5.41, 5.74) is 0. The van der Waals surface area contributed by atoms with E-state index in [1.54, 1.807) is 6.92 Å². The zero-order chi connectivity index (χ0) is 13.8. The molecule has 0 aliphatic carbocycles. The van der Waals surface area contributed by atoms with Crippen LogP contribution in [0.3, 0.4) is 0 Å². The fourth-order valence-corrected chi connectivity index (χ4v) is 1.83. The Balaban J connectivity index is 4.14. The van der Waals surface area contributed by atoms with E-state index < -0.39 is 0 Å². The monoisotopic (exact) mass is 254 g/mol. The Kier molecular flexibility index (Phi) is 11.2. The molecule has 0 saturated carbocycles. The van der Waals surface area contributed by atoms with Crippen LogP contribution in [-0.2, 0) is 4.74 Å². The van der Waals surface area contributed by atoms with Crippen molar-refractivity contribution in [3.63, 3.8) is 0 Å². The summed E-state index contributed by atoms with van der Waals surface area (Å²) in [5, 5.41) is 9.34. The molecule has 106 valence electrons. The number of hydrogen-bond donors (Lipinski definition) is 1. The van der Waals surface area contributed by atoms with Gasteiger partial charge in [0.1, 0.15) is 6.10 Å². The molecule has 0 unspecified atom stereocenters. The summed E-state index contributed by atoms with van der Waals surface area (Å²) in [6.07, 6.45) is 7.12. The van der Waals surface area contributed by atoms with Crippen molar-refractivity contribution in [2.45, 2.75) is 91.0 Å². The summed E-state index contributed by atoms with van der Waals surface area (Å²) < 4.78 is 5.91. The van der Waals surface area contributed by atoms with Gasteiger partial charge in [-0.25, -0.2) is 0 Å². The molecule has 0 aliphatic heterocycles. The lowest BCUT2D eigenvalue weighted by molar-refractivity contribution is -0.00228. The predicted molar refractivity (Wildman–Crippen MR) is 77.5 cm³/mol. The van der Waals surface area contributed by atoms with Crippen LogP contribution in [-0.4, -0.2) is 23.4 Å². The molecule has 0 spiro atoms. The topological polar surface area (TPSA) is 29.5 Å². The van der Waals surface area contributed by atoms with E-state index in [2.05, 4.69) is 25.7 Å². The molecule has 0 amide bonds. The summed E-state index contributed by atoms with van der Waals surface area (Å²) in [6, 6.07) is 0. The summed E-state index contributed by atoms with van der Waals surface area (Å²) in [7, 11) is 0. The van der Waals surface area contributed by atoms with Crippen molar-refractivity contribution in [3.8, 4) is 11.8 Å². The standard InChI is InChI=1S/C16H30O2/c1-5-7-9-10-12-16(11-8-6-2)18-15(4)13-14(3)17/h14-17H,5-9,11,13H2,1-4H3/t14-,15-,16+/m1/s1. The van der Waals surface area contributed by atoms with Gasteiger partial charge in [-0.2, -0.15) is 0 Å². The zero-order valence-corrected chi connectivity index (χ0v) is 12.5. The summed E-state index contributed by atoms with van der Waals surface area (Å²) in [6.45, 7) is 8.17. The predicted octanol–water partition coefficient (Wildman–Crippen LogP) is 3.91. The highest BCUT2D eigenvalue weighted by Gasteiger charge is 2.12. The van der Waals surface area contributed by atoms with Crippen molar-refractivity contribution >= 4 is 0 Å². The van der Waals surface area contributed by atoms with Gasteiger partial charge in [0.25, 0.3) is 0 Å². The molecule has 2 nitrogen and oxygen atoms in total. The molecule has 2 heteroatoms. The van der Waals surface area contributed by atoms with Gasteiger partial charge >= 0.3 is 0 Å². The van der Waals surface area contributed by atoms with Gasteiger partial charge in [0.05, 0.1) is 12.2 Å². The van der Waals surface area contributed by atoms with Crippen LogP contribution in [0.25, 0.3) is 0 Å². The lowest BCUT2D eigenvalue weighted by Crippen LogP contribution is -2.22. The Morgan fingerprint density at radius 1 is 1.11 bits per heavy atom. The molecule has 0 bridgehead atoms. The molecule has 0 aliphatic rings. The minimum absolute atomic E-state index is 0.0376. The van der Waals surface area contributed by atoms with Crippen molar-refractivity contribution in [3.05, 3.63) is 0 Å². The maximum Gasteiger partial charge on any atom is 0.118 e. The average Bonchev–Trinajstić information content (AvgIpc) is 2.30. The Morgan fingerprint density at radius 2 is 1.78 bits per heavy atom. The quantitative estimate of drug-likeness (QED) is 0.499. The highest BCUT2D eigenvalue weighted by atomic mass is 16.5. The maximum atomic E-state index is 9.34. The largest absolute Gasteiger partial charge is 0.393 e. The second kappa shape index (κ2) is 11.6. The Hall–Kier alpha value is -0.520. The third kappa shape index (κ3) is 10.6.